The lowest BCUT2D eigenvalue weighted by molar-refractivity contribution is -0.137. The molecule has 1 aliphatic rings. The molecule has 0 heterocycles. The third-order valence-electron chi connectivity index (χ3n) is 6.75. The van der Waals surface area contributed by atoms with E-state index in [4.69, 9.17) is 11.6 Å². The first kappa shape index (κ1) is 25.4. The Hall–Kier alpha value is -2.24. The van der Waals surface area contributed by atoms with Gasteiger partial charge in [0.15, 0.2) is 0 Å². The molecule has 5 nitrogen and oxygen atoms in total. The van der Waals surface area contributed by atoms with Crippen molar-refractivity contribution in [1.29, 1.82) is 0 Å². The molecule has 33 heavy (non-hydrogen) atoms. The molecule has 1 saturated carbocycles. The summed E-state index contributed by atoms with van der Waals surface area (Å²) in [6.07, 6.45) is 6.70. The summed E-state index contributed by atoms with van der Waals surface area (Å²) in [7, 11) is 0. The number of halogens is 1. The number of rotatable bonds is 10. The van der Waals surface area contributed by atoms with Gasteiger partial charge in [0.1, 0.15) is 0 Å². The SMILES string of the molecule is CCC(CC(=O)O)c1ccc(N[C@@H](C2CCCCC2)C(C)(C)O)c(Nc2ccc(Cl)cc2)c1. The van der Waals surface area contributed by atoms with Crippen molar-refractivity contribution in [1.82, 2.24) is 0 Å². The average molecular weight is 473 g/mol. The normalized spacial score (nSPS) is 16.8. The highest BCUT2D eigenvalue weighted by atomic mass is 35.5. The summed E-state index contributed by atoms with van der Waals surface area (Å²) < 4.78 is 0. The molecular formula is C27H37ClN2O3. The van der Waals surface area contributed by atoms with Crippen molar-refractivity contribution in [2.45, 2.75) is 83.3 Å². The molecule has 0 aliphatic heterocycles. The van der Waals surface area contributed by atoms with Gasteiger partial charge in [-0.25, -0.2) is 0 Å². The van der Waals surface area contributed by atoms with Crippen LogP contribution in [0.25, 0.3) is 0 Å². The number of hydrogen-bond donors (Lipinski definition) is 4. The second kappa shape index (κ2) is 11.3. The van der Waals surface area contributed by atoms with Crippen molar-refractivity contribution in [2.24, 2.45) is 5.92 Å². The van der Waals surface area contributed by atoms with E-state index in [2.05, 4.69) is 10.6 Å². The van der Waals surface area contributed by atoms with E-state index in [0.717, 1.165) is 41.9 Å². The van der Waals surface area contributed by atoms with E-state index in [1.54, 1.807) is 0 Å². The molecule has 2 aromatic rings. The van der Waals surface area contributed by atoms with E-state index in [9.17, 15) is 15.0 Å². The van der Waals surface area contributed by atoms with Gasteiger partial charge in [0.2, 0.25) is 0 Å². The van der Waals surface area contributed by atoms with Gasteiger partial charge in [-0.1, -0.05) is 43.9 Å². The topological polar surface area (TPSA) is 81.6 Å². The summed E-state index contributed by atoms with van der Waals surface area (Å²) in [4.78, 5) is 11.4. The Morgan fingerprint density at radius 3 is 2.33 bits per heavy atom. The number of carboxylic acids is 1. The van der Waals surface area contributed by atoms with Crippen LogP contribution in [0, 0.1) is 5.92 Å². The second-order valence-corrected chi connectivity index (χ2v) is 10.3. The van der Waals surface area contributed by atoms with Crippen LogP contribution in [0.4, 0.5) is 17.1 Å². The summed E-state index contributed by atoms with van der Waals surface area (Å²) in [6.45, 7) is 5.76. The van der Waals surface area contributed by atoms with Crippen LogP contribution in [0.3, 0.4) is 0 Å². The van der Waals surface area contributed by atoms with Crippen molar-refractivity contribution in [2.75, 3.05) is 10.6 Å². The van der Waals surface area contributed by atoms with E-state index in [-0.39, 0.29) is 18.4 Å². The van der Waals surface area contributed by atoms with E-state index in [1.807, 2.05) is 63.2 Å². The molecule has 3 rings (SSSR count). The average Bonchev–Trinajstić information content (AvgIpc) is 2.77. The molecule has 4 N–H and O–H groups in total. The third-order valence-corrected chi connectivity index (χ3v) is 7.00. The minimum absolute atomic E-state index is 0.0641. The number of anilines is 3. The summed E-state index contributed by atoms with van der Waals surface area (Å²) >= 11 is 6.06. The van der Waals surface area contributed by atoms with Crippen LogP contribution in [0.15, 0.2) is 42.5 Å². The largest absolute Gasteiger partial charge is 0.481 e. The molecule has 0 bridgehead atoms. The van der Waals surface area contributed by atoms with E-state index in [0.29, 0.717) is 10.9 Å². The maximum Gasteiger partial charge on any atom is 0.303 e. The fraction of sp³-hybridized carbons (Fsp3) is 0.519. The van der Waals surface area contributed by atoms with Gasteiger partial charge in [0.05, 0.1) is 29.4 Å². The number of benzene rings is 2. The Morgan fingerprint density at radius 2 is 1.76 bits per heavy atom. The molecule has 0 radical (unpaired) electrons. The highest BCUT2D eigenvalue weighted by Crippen LogP contribution is 2.37. The molecule has 0 amide bonds. The molecule has 2 atom stereocenters. The molecule has 1 unspecified atom stereocenters. The summed E-state index contributed by atoms with van der Waals surface area (Å²) in [6, 6.07) is 13.5. The Kier molecular flexibility index (Phi) is 8.66. The lowest BCUT2D eigenvalue weighted by Crippen LogP contribution is -2.47. The van der Waals surface area contributed by atoms with Gasteiger partial charge in [-0.05, 0) is 86.9 Å². The van der Waals surface area contributed by atoms with Crippen molar-refractivity contribution >= 4 is 34.6 Å². The zero-order valence-corrected chi connectivity index (χ0v) is 20.7. The van der Waals surface area contributed by atoms with Crippen molar-refractivity contribution in [3.05, 3.63) is 53.1 Å². The zero-order valence-electron chi connectivity index (χ0n) is 19.9. The number of hydrogen-bond acceptors (Lipinski definition) is 4. The zero-order chi connectivity index (χ0) is 24.0. The Bertz CT molecular complexity index is 918. The molecule has 2 aromatic carbocycles. The van der Waals surface area contributed by atoms with Gasteiger partial charge < -0.3 is 20.8 Å². The molecule has 6 heteroatoms. The van der Waals surface area contributed by atoms with Gasteiger partial charge in [0, 0.05) is 10.7 Å². The highest BCUT2D eigenvalue weighted by molar-refractivity contribution is 6.30. The summed E-state index contributed by atoms with van der Waals surface area (Å²) in [5, 5.41) is 28.2. The van der Waals surface area contributed by atoms with Crippen molar-refractivity contribution in [3.63, 3.8) is 0 Å². The number of nitrogens with one attached hydrogen (secondary N) is 2. The number of carboxylic acid groups (broad SMARTS) is 1. The van der Waals surface area contributed by atoms with E-state index < -0.39 is 11.6 Å². The van der Waals surface area contributed by atoms with Crippen LogP contribution in [-0.4, -0.2) is 27.8 Å². The third kappa shape index (κ3) is 7.12. The minimum atomic E-state index is -0.881. The maximum absolute atomic E-state index is 11.4. The van der Waals surface area contributed by atoms with E-state index in [1.165, 1.54) is 19.3 Å². The van der Waals surface area contributed by atoms with Gasteiger partial charge in [-0.3, -0.25) is 4.79 Å². The predicted octanol–water partition coefficient (Wildman–Crippen LogP) is 7.18. The summed E-state index contributed by atoms with van der Waals surface area (Å²) in [5.74, 6) is -0.460. The van der Waals surface area contributed by atoms with Crippen LogP contribution >= 0.6 is 11.6 Å². The Balaban J connectivity index is 1.96. The lowest BCUT2D eigenvalue weighted by atomic mass is 9.77. The van der Waals surface area contributed by atoms with Crippen molar-refractivity contribution in [3.8, 4) is 0 Å². The number of aliphatic hydroxyl groups is 1. The van der Waals surface area contributed by atoms with Gasteiger partial charge in [0.25, 0.3) is 0 Å². The Morgan fingerprint density at radius 1 is 1.09 bits per heavy atom. The molecular weight excluding hydrogens is 436 g/mol. The van der Waals surface area contributed by atoms with Gasteiger partial charge >= 0.3 is 5.97 Å². The quantitative estimate of drug-likeness (QED) is 0.294. The number of aliphatic carboxylic acids is 1. The van der Waals surface area contributed by atoms with E-state index >= 15 is 0 Å². The minimum Gasteiger partial charge on any atom is -0.481 e. The van der Waals surface area contributed by atoms with Crippen LogP contribution in [0.1, 0.15) is 77.2 Å². The smallest absolute Gasteiger partial charge is 0.303 e. The molecule has 1 aliphatic carbocycles. The predicted molar refractivity (Wildman–Crippen MR) is 137 cm³/mol. The van der Waals surface area contributed by atoms with Gasteiger partial charge in [-0.2, -0.15) is 0 Å². The first-order valence-corrected chi connectivity index (χ1v) is 12.4. The first-order chi connectivity index (χ1) is 15.7. The summed E-state index contributed by atoms with van der Waals surface area (Å²) in [5.41, 5.74) is 2.76. The first-order valence-electron chi connectivity index (χ1n) is 12.0. The van der Waals surface area contributed by atoms with Crippen LogP contribution < -0.4 is 10.6 Å². The van der Waals surface area contributed by atoms with Gasteiger partial charge in [-0.15, -0.1) is 0 Å². The monoisotopic (exact) mass is 472 g/mol. The maximum atomic E-state index is 11.4. The standard InChI is InChI=1S/C27H37ClN2O3/c1-4-18(17-25(31)32)20-10-15-23(24(16-20)29-22-13-11-21(28)12-14-22)30-26(27(2,3)33)19-8-6-5-7-9-19/h10-16,18-19,26,29-30,33H,4-9,17H2,1-3H3,(H,31,32)/t18?,26-/m0/s1. The molecule has 0 spiro atoms. The molecule has 0 saturated heterocycles. The number of carbonyl (C=O) groups is 1. The molecule has 0 aromatic heterocycles. The molecule has 180 valence electrons. The fourth-order valence-electron chi connectivity index (χ4n) is 4.95. The van der Waals surface area contributed by atoms with Crippen LogP contribution in [0.2, 0.25) is 5.02 Å². The lowest BCUT2D eigenvalue weighted by Gasteiger charge is -2.39. The fourth-order valence-corrected chi connectivity index (χ4v) is 5.07. The molecule has 1 fully saturated rings. The van der Waals surface area contributed by atoms with Crippen LogP contribution in [-0.2, 0) is 4.79 Å². The highest BCUT2D eigenvalue weighted by Gasteiger charge is 2.35. The second-order valence-electron chi connectivity index (χ2n) is 9.81. The van der Waals surface area contributed by atoms with Crippen LogP contribution in [0.5, 0.6) is 0 Å². The van der Waals surface area contributed by atoms with Crippen molar-refractivity contribution < 1.29 is 15.0 Å². The Labute approximate surface area is 202 Å².